The molecule has 0 saturated carbocycles. The Morgan fingerprint density at radius 1 is 1.14 bits per heavy atom. The second-order valence-corrected chi connectivity index (χ2v) is 5.02. The van der Waals surface area contributed by atoms with E-state index in [1.165, 1.54) is 0 Å². The molecular formula is C17H18N2O2. The van der Waals surface area contributed by atoms with Crippen molar-refractivity contribution >= 4 is 17.0 Å². The lowest BCUT2D eigenvalue weighted by atomic mass is 10.2. The zero-order valence-corrected chi connectivity index (χ0v) is 12.2. The molecule has 0 atom stereocenters. The summed E-state index contributed by atoms with van der Waals surface area (Å²) in [5.41, 5.74) is 3.84. The van der Waals surface area contributed by atoms with Gasteiger partial charge in [0.2, 0.25) is 0 Å². The molecule has 4 nitrogen and oxygen atoms in total. The molecule has 0 bridgehead atoms. The molecule has 0 fully saturated rings. The van der Waals surface area contributed by atoms with Crippen LogP contribution in [0.1, 0.15) is 23.0 Å². The molecular weight excluding hydrogens is 264 g/mol. The number of rotatable bonds is 4. The molecule has 0 radical (unpaired) electrons. The van der Waals surface area contributed by atoms with E-state index in [0.29, 0.717) is 18.8 Å². The summed E-state index contributed by atoms with van der Waals surface area (Å²) in [6.07, 6.45) is 2.00. The Bertz CT molecular complexity index is 769. The molecule has 0 spiro atoms. The summed E-state index contributed by atoms with van der Waals surface area (Å²) in [6, 6.07) is 14.0. The van der Waals surface area contributed by atoms with Crippen LogP contribution in [-0.4, -0.2) is 21.7 Å². The minimum atomic E-state index is -0.273. The quantitative estimate of drug-likeness (QED) is 0.689. The summed E-state index contributed by atoms with van der Waals surface area (Å²) in [5.74, 6) is -0.273. The molecule has 0 saturated heterocycles. The molecule has 0 aliphatic heterocycles. The van der Waals surface area contributed by atoms with E-state index in [1.807, 2.05) is 59.6 Å². The topological polar surface area (TPSA) is 36.2 Å². The monoisotopic (exact) mass is 282 g/mol. The normalized spacial score (nSPS) is 11.0. The first-order chi connectivity index (χ1) is 10.2. The third-order valence-electron chi connectivity index (χ3n) is 3.62. The van der Waals surface area contributed by atoms with E-state index in [2.05, 4.69) is 12.1 Å². The second-order valence-electron chi connectivity index (χ2n) is 5.02. The van der Waals surface area contributed by atoms with Crippen LogP contribution in [0.5, 0.6) is 0 Å². The predicted octanol–water partition coefficient (Wildman–Crippen LogP) is 3.20. The fourth-order valence-corrected chi connectivity index (χ4v) is 2.58. The van der Waals surface area contributed by atoms with Gasteiger partial charge in [-0.25, -0.2) is 4.79 Å². The fraction of sp³-hybridized carbons (Fsp3) is 0.235. The van der Waals surface area contributed by atoms with Crippen LogP contribution in [0.15, 0.2) is 48.7 Å². The van der Waals surface area contributed by atoms with Crippen molar-refractivity contribution in [1.29, 1.82) is 0 Å². The van der Waals surface area contributed by atoms with Crippen molar-refractivity contribution < 1.29 is 9.53 Å². The minimum absolute atomic E-state index is 0.273. The summed E-state index contributed by atoms with van der Waals surface area (Å²) in [7, 11) is 1.98. The van der Waals surface area contributed by atoms with Crippen LogP contribution >= 0.6 is 0 Å². The first-order valence-corrected chi connectivity index (χ1v) is 7.06. The maximum Gasteiger partial charge on any atom is 0.355 e. The van der Waals surface area contributed by atoms with Gasteiger partial charge in [-0.1, -0.05) is 30.3 Å². The highest BCUT2D eigenvalue weighted by Crippen LogP contribution is 2.22. The smallest absolute Gasteiger partial charge is 0.355 e. The number of hydrogen-bond donors (Lipinski definition) is 0. The molecule has 108 valence electrons. The Morgan fingerprint density at radius 3 is 2.62 bits per heavy atom. The average Bonchev–Trinajstić information content (AvgIpc) is 3.02. The minimum Gasteiger partial charge on any atom is -0.461 e. The Morgan fingerprint density at radius 2 is 1.90 bits per heavy atom. The molecule has 3 aromatic rings. The molecule has 0 N–H and O–H groups in total. The molecule has 0 aliphatic rings. The molecule has 1 aromatic carbocycles. The SMILES string of the molecule is CCOC(=O)c1cc2c(ccn2C)n1Cc1ccccc1. The van der Waals surface area contributed by atoms with E-state index < -0.39 is 0 Å². The highest BCUT2D eigenvalue weighted by molar-refractivity contribution is 5.95. The molecule has 21 heavy (non-hydrogen) atoms. The maximum atomic E-state index is 12.2. The second kappa shape index (κ2) is 5.48. The van der Waals surface area contributed by atoms with Crippen molar-refractivity contribution in [1.82, 2.24) is 9.13 Å². The molecule has 4 heteroatoms. The summed E-state index contributed by atoms with van der Waals surface area (Å²) < 4.78 is 9.21. The number of benzene rings is 1. The standard InChI is InChI=1S/C17H18N2O2/c1-3-21-17(20)16-11-15-14(9-10-18(15)2)19(16)12-13-7-5-4-6-8-13/h4-11H,3,12H2,1-2H3. The van der Waals surface area contributed by atoms with E-state index in [1.54, 1.807) is 0 Å². The lowest BCUT2D eigenvalue weighted by molar-refractivity contribution is 0.0515. The summed E-state index contributed by atoms with van der Waals surface area (Å²) in [4.78, 5) is 12.2. The largest absolute Gasteiger partial charge is 0.461 e. The van der Waals surface area contributed by atoms with Gasteiger partial charge in [0.15, 0.2) is 0 Å². The average molecular weight is 282 g/mol. The summed E-state index contributed by atoms with van der Waals surface area (Å²) in [6.45, 7) is 2.86. The van der Waals surface area contributed by atoms with Crippen molar-refractivity contribution in [3.8, 4) is 0 Å². The van der Waals surface area contributed by atoms with Crippen LogP contribution in [-0.2, 0) is 18.3 Å². The molecule has 2 heterocycles. The fourth-order valence-electron chi connectivity index (χ4n) is 2.58. The van der Waals surface area contributed by atoms with Crippen molar-refractivity contribution in [3.05, 3.63) is 59.9 Å². The van der Waals surface area contributed by atoms with Crippen LogP contribution in [0.2, 0.25) is 0 Å². The van der Waals surface area contributed by atoms with Gasteiger partial charge in [-0.15, -0.1) is 0 Å². The Hall–Kier alpha value is -2.49. The lowest BCUT2D eigenvalue weighted by Crippen LogP contribution is -2.12. The van der Waals surface area contributed by atoms with Crippen molar-refractivity contribution in [2.45, 2.75) is 13.5 Å². The highest BCUT2D eigenvalue weighted by Gasteiger charge is 2.18. The first kappa shape index (κ1) is 13.5. The van der Waals surface area contributed by atoms with Gasteiger partial charge in [-0.05, 0) is 24.6 Å². The van der Waals surface area contributed by atoms with Gasteiger partial charge in [0, 0.05) is 19.8 Å². The third-order valence-corrected chi connectivity index (χ3v) is 3.62. The predicted molar refractivity (Wildman–Crippen MR) is 82.4 cm³/mol. The van der Waals surface area contributed by atoms with Gasteiger partial charge in [0.1, 0.15) is 5.69 Å². The van der Waals surface area contributed by atoms with E-state index in [9.17, 15) is 4.79 Å². The van der Waals surface area contributed by atoms with Gasteiger partial charge < -0.3 is 13.9 Å². The number of carbonyl (C=O) groups is 1. The summed E-state index contributed by atoms with van der Waals surface area (Å²) >= 11 is 0. The Labute approximate surface area is 123 Å². The van der Waals surface area contributed by atoms with E-state index >= 15 is 0 Å². The van der Waals surface area contributed by atoms with Gasteiger partial charge >= 0.3 is 5.97 Å². The number of ether oxygens (including phenoxy) is 1. The Kier molecular flexibility index (Phi) is 3.52. The van der Waals surface area contributed by atoms with Crippen LogP contribution in [0.4, 0.5) is 0 Å². The molecule has 2 aromatic heterocycles. The van der Waals surface area contributed by atoms with Gasteiger partial charge in [0.05, 0.1) is 17.6 Å². The number of fused-ring (bicyclic) bond motifs is 1. The number of nitrogens with zero attached hydrogens (tertiary/aromatic N) is 2. The van der Waals surface area contributed by atoms with E-state index in [-0.39, 0.29) is 5.97 Å². The van der Waals surface area contributed by atoms with Crippen molar-refractivity contribution in [3.63, 3.8) is 0 Å². The highest BCUT2D eigenvalue weighted by atomic mass is 16.5. The molecule has 0 amide bonds. The third kappa shape index (κ3) is 2.44. The molecule has 0 aliphatic carbocycles. The number of esters is 1. The zero-order chi connectivity index (χ0) is 14.8. The van der Waals surface area contributed by atoms with Crippen LogP contribution < -0.4 is 0 Å². The lowest BCUT2D eigenvalue weighted by Gasteiger charge is -2.09. The van der Waals surface area contributed by atoms with Crippen LogP contribution in [0, 0.1) is 0 Å². The Balaban J connectivity index is 2.09. The summed E-state index contributed by atoms with van der Waals surface area (Å²) in [5, 5.41) is 0. The van der Waals surface area contributed by atoms with Crippen molar-refractivity contribution in [2.24, 2.45) is 7.05 Å². The van der Waals surface area contributed by atoms with Gasteiger partial charge in [0.25, 0.3) is 0 Å². The van der Waals surface area contributed by atoms with Crippen molar-refractivity contribution in [2.75, 3.05) is 6.61 Å². The van der Waals surface area contributed by atoms with Gasteiger partial charge in [-0.3, -0.25) is 0 Å². The van der Waals surface area contributed by atoms with Crippen LogP contribution in [0.3, 0.4) is 0 Å². The number of hydrogen-bond acceptors (Lipinski definition) is 2. The van der Waals surface area contributed by atoms with E-state index in [0.717, 1.165) is 16.6 Å². The number of aryl methyl sites for hydroxylation is 1. The van der Waals surface area contributed by atoms with Crippen LogP contribution in [0.25, 0.3) is 11.0 Å². The number of carbonyl (C=O) groups excluding carboxylic acids is 1. The van der Waals surface area contributed by atoms with E-state index in [4.69, 9.17) is 4.74 Å². The van der Waals surface area contributed by atoms with Gasteiger partial charge in [-0.2, -0.15) is 0 Å². The first-order valence-electron chi connectivity index (χ1n) is 7.06. The molecule has 3 rings (SSSR count). The zero-order valence-electron chi connectivity index (χ0n) is 12.2. The molecule has 0 unspecified atom stereocenters. The number of aromatic nitrogens is 2. The maximum absolute atomic E-state index is 12.2.